The first kappa shape index (κ1) is 10.4. The number of rotatable bonds is 2. The van der Waals surface area contributed by atoms with Gasteiger partial charge in [-0.05, 0) is 18.2 Å². The van der Waals surface area contributed by atoms with Crippen molar-refractivity contribution in [3.05, 3.63) is 32.7 Å². The molecule has 0 saturated carbocycles. The van der Waals surface area contributed by atoms with Gasteiger partial charge < -0.3 is 0 Å². The minimum absolute atomic E-state index is 0.0806. The van der Waals surface area contributed by atoms with Gasteiger partial charge in [0.1, 0.15) is 0 Å². The van der Waals surface area contributed by atoms with E-state index in [9.17, 15) is 4.79 Å². The van der Waals surface area contributed by atoms with Crippen LogP contribution in [0.15, 0.2) is 27.1 Å². The summed E-state index contributed by atoms with van der Waals surface area (Å²) in [6.45, 7) is 0. The summed E-state index contributed by atoms with van der Waals surface area (Å²) in [6.07, 6.45) is 0. The Morgan fingerprint density at radius 3 is 2.08 bits per heavy atom. The lowest BCUT2D eigenvalue weighted by molar-refractivity contribution is 0.102. The number of Topliss-reactive ketones (excluding diaryl/α,β-unsaturated/α-hetero) is 1. The second-order valence-electron chi connectivity index (χ2n) is 2.21. The van der Waals surface area contributed by atoms with Crippen LogP contribution in [0, 0.1) is 0 Å². The zero-order chi connectivity index (χ0) is 9.14. The Kier molecular flexibility index (Phi) is 3.93. The zero-order valence-electron chi connectivity index (χ0n) is 5.98. The smallest absolute Gasteiger partial charge is 0.173 e. The van der Waals surface area contributed by atoms with Crippen LogP contribution in [0.1, 0.15) is 10.4 Å². The summed E-state index contributed by atoms with van der Waals surface area (Å²) in [5, 5.41) is 0.357. The first-order valence-corrected chi connectivity index (χ1v) is 5.89. The standard InChI is InChI=1S/C8H5Br3O/c9-4-8(12)5-1-6(10)3-7(11)2-5/h1-3H,4H2. The van der Waals surface area contributed by atoms with E-state index in [2.05, 4.69) is 47.8 Å². The number of carbonyl (C=O) groups excluding carboxylic acids is 1. The minimum Gasteiger partial charge on any atom is -0.293 e. The average Bonchev–Trinajstić information content (AvgIpc) is 2.01. The summed E-state index contributed by atoms with van der Waals surface area (Å²) < 4.78 is 1.81. The van der Waals surface area contributed by atoms with E-state index >= 15 is 0 Å². The Hall–Kier alpha value is 0.330. The number of ketones is 1. The van der Waals surface area contributed by atoms with Crippen molar-refractivity contribution in [2.24, 2.45) is 0 Å². The maximum atomic E-state index is 11.2. The van der Waals surface area contributed by atoms with Crippen LogP contribution >= 0.6 is 47.8 Å². The predicted octanol–water partition coefficient (Wildman–Crippen LogP) is 3.79. The summed E-state index contributed by atoms with van der Waals surface area (Å²) >= 11 is 9.75. The number of hydrogen-bond acceptors (Lipinski definition) is 1. The molecule has 0 amide bonds. The van der Waals surface area contributed by atoms with Gasteiger partial charge in [0.2, 0.25) is 0 Å². The summed E-state index contributed by atoms with van der Waals surface area (Å²) in [6, 6.07) is 5.49. The Morgan fingerprint density at radius 2 is 1.67 bits per heavy atom. The molecule has 4 heteroatoms. The maximum Gasteiger partial charge on any atom is 0.173 e. The van der Waals surface area contributed by atoms with Gasteiger partial charge in [0.05, 0.1) is 5.33 Å². The molecule has 0 spiro atoms. The fraction of sp³-hybridized carbons (Fsp3) is 0.125. The fourth-order valence-electron chi connectivity index (χ4n) is 0.792. The van der Waals surface area contributed by atoms with Gasteiger partial charge in [-0.3, -0.25) is 4.79 Å². The monoisotopic (exact) mass is 354 g/mol. The second kappa shape index (κ2) is 4.53. The third-order valence-corrected chi connectivity index (χ3v) is 2.73. The van der Waals surface area contributed by atoms with Gasteiger partial charge in [-0.15, -0.1) is 0 Å². The van der Waals surface area contributed by atoms with Gasteiger partial charge >= 0.3 is 0 Å². The highest BCUT2D eigenvalue weighted by atomic mass is 79.9. The molecule has 1 aromatic carbocycles. The van der Waals surface area contributed by atoms with Crippen molar-refractivity contribution >= 4 is 53.6 Å². The molecule has 0 bridgehead atoms. The Bertz CT molecular complexity index is 289. The van der Waals surface area contributed by atoms with E-state index in [1.807, 2.05) is 6.07 Å². The highest BCUT2D eigenvalue weighted by molar-refractivity contribution is 9.11. The molecule has 1 aromatic rings. The van der Waals surface area contributed by atoms with Crippen molar-refractivity contribution in [2.45, 2.75) is 0 Å². The van der Waals surface area contributed by atoms with Crippen molar-refractivity contribution < 1.29 is 4.79 Å². The van der Waals surface area contributed by atoms with Gasteiger partial charge in [-0.2, -0.15) is 0 Å². The van der Waals surface area contributed by atoms with Gasteiger partial charge in [0.15, 0.2) is 5.78 Å². The number of hydrogen-bond donors (Lipinski definition) is 0. The largest absolute Gasteiger partial charge is 0.293 e. The lowest BCUT2D eigenvalue weighted by Gasteiger charge is -1.99. The summed E-state index contributed by atoms with van der Waals surface area (Å²) in [4.78, 5) is 11.2. The van der Waals surface area contributed by atoms with E-state index in [-0.39, 0.29) is 5.78 Å². The molecule has 0 aliphatic rings. The molecule has 0 radical (unpaired) electrons. The molecule has 12 heavy (non-hydrogen) atoms. The van der Waals surface area contributed by atoms with Crippen molar-refractivity contribution in [1.82, 2.24) is 0 Å². The first-order valence-electron chi connectivity index (χ1n) is 3.18. The van der Waals surface area contributed by atoms with E-state index < -0.39 is 0 Å². The topological polar surface area (TPSA) is 17.1 Å². The molecule has 0 heterocycles. The quantitative estimate of drug-likeness (QED) is 0.582. The summed E-state index contributed by atoms with van der Waals surface area (Å²) in [5.41, 5.74) is 0.702. The van der Waals surface area contributed by atoms with E-state index in [0.29, 0.717) is 10.9 Å². The molecular formula is C8H5Br3O. The van der Waals surface area contributed by atoms with Gasteiger partial charge in [-0.1, -0.05) is 47.8 Å². The molecule has 1 rings (SSSR count). The predicted molar refractivity (Wildman–Crippen MR) is 60.0 cm³/mol. The van der Waals surface area contributed by atoms with Crippen LogP contribution in [0.5, 0.6) is 0 Å². The van der Waals surface area contributed by atoms with Crippen LogP contribution in [0.2, 0.25) is 0 Å². The van der Waals surface area contributed by atoms with Crippen LogP contribution in [0.4, 0.5) is 0 Å². The summed E-state index contributed by atoms with van der Waals surface area (Å²) in [7, 11) is 0. The second-order valence-corrected chi connectivity index (χ2v) is 4.61. The number of alkyl halides is 1. The normalized spacial score (nSPS) is 9.92. The number of benzene rings is 1. The van der Waals surface area contributed by atoms with Crippen LogP contribution in [0.3, 0.4) is 0 Å². The molecule has 0 aliphatic heterocycles. The van der Waals surface area contributed by atoms with Gasteiger partial charge in [-0.25, -0.2) is 0 Å². The Balaban J connectivity index is 3.08. The molecule has 0 fully saturated rings. The third-order valence-electron chi connectivity index (χ3n) is 1.31. The highest BCUT2D eigenvalue weighted by Gasteiger charge is 2.04. The van der Waals surface area contributed by atoms with E-state index in [1.54, 1.807) is 12.1 Å². The van der Waals surface area contributed by atoms with E-state index in [1.165, 1.54) is 0 Å². The molecule has 0 aromatic heterocycles. The molecule has 64 valence electrons. The van der Waals surface area contributed by atoms with Crippen LogP contribution < -0.4 is 0 Å². The van der Waals surface area contributed by atoms with Crippen molar-refractivity contribution in [2.75, 3.05) is 5.33 Å². The molecule has 0 atom stereocenters. The first-order chi connectivity index (χ1) is 5.63. The molecule has 0 saturated heterocycles. The average molecular weight is 357 g/mol. The Labute approximate surface area is 95.9 Å². The maximum absolute atomic E-state index is 11.2. The molecule has 0 unspecified atom stereocenters. The summed E-state index contributed by atoms with van der Waals surface area (Å²) in [5.74, 6) is 0.0806. The molecular weight excluding hydrogens is 352 g/mol. The van der Waals surface area contributed by atoms with Crippen molar-refractivity contribution in [1.29, 1.82) is 0 Å². The lowest BCUT2D eigenvalue weighted by Crippen LogP contribution is -1.99. The van der Waals surface area contributed by atoms with Crippen molar-refractivity contribution in [3.8, 4) is 0 Å². The van der Waals surface area contributed by atoms with E-state index in [4.69, 9.17) is 0 Å². The number of carbonyl (C=O) groups is 1. The highest BCUT2D eigenvalue weighted by Crippen LogP contribution is 2.20. The van der Waals surface area contributed by atoms with Gasteiger partial charge in [0, 0.05) is 14.5 Å². The minimum atomic E-state index is 0.0806. The van der Waals surface area contributed by atoms with Crippen molar-refractivity contribution in [3.63, 3.8) is 0 Å². The fourth-order valence-corrected chi connectivity index (χ4v) is 2.41. The Morgan fingerprint density at radius 1 is 1.17 bits per heavy atom. The van der Waals surface area contributed by atoms with Crippen LogP contribution in [-0.4, -0.2) is 11.1 Å². The number of halogens is 3. The molecule has 1 nitrogen and oxygen atoms in total. The van der Waals surface area contributed by atoms with Gasteiger partial charge in [0.25, 0.3) is 0 Å². The van der Waals surface area contributed by atoms with Crippen LogP contribution in [-0.2, 0) is 0 Å². The zero-order valence-corrected chi connectivity index (χ0v) is 10.7. The van der Waals surface area contributed by atoms with Crippen LogP contribution in [0.25, 0.3) is 0 Å². The molecule has 0 aliphatic carbocycles. The SMILES string of the molecule is O=C(CBr)c1cc(Br)cc(Br)c1. The lowest BCUT2D eigenvalue weighted by atomic mass is 10.2. The van der Waals surface area contributed by atoms with E-state index in [0.717, 1.165) is 8.95 Å². The molecule has 0 N–H and O–H groups in total. The third kappa shape index (κ3) is 2.68.